The zero-order chi connectivity index (χ0) is 18.9. The van der Waals surface area contributed by atoms with Crippen molar-refractivity contribution in [2.75, 3.05) is 7.11 Å². The number of phenolic OH excluding ortho intramolecular Hbond substituents is 2. The van der Waals surface area contributed by atoms with E-state index in [1.54, 1.807) is 36.4 Å². The Morgan fingerprint density at radius 1 is 1.19 bits per heavy atom. The van der Waals surface area contributed by atoms with Gasteiger partial charge in [0.05, 0.1) is 12.7 Å². The highest BCUT2D eigenvalue weighted by Crippen LogP contribution is 2.43. The topological polar surface area (TPSA) is 76.0 Å². The van der Waals surface area contributed by atoms with Crippen molar-refractivity contribution in [3.8, 4) is 23.0 Å². The molecule has 1 heterocycles. The minimum atomic E-state index is -0.491. The summed E-state index contributed by atoms with van der Waals surface area (Å²) in [6.45, 7) is 3.82. The molecule has 2 N–H and O–H groups in total. The molecule has 0 atom stereocenters. The van der Waals surface area contributed by atoms with Gasteiger partial charge in [0, 0.05) is 12.5 Å². The van der Waals surface area contributed by atoms with E-state index < -0.39 is 5.60 Å². The summed E-state index contributed by atoms with van der Waals surface area (Å²) in [7, 11) is 1.46. The zero-order valence-corrected chi connectivity index (χ0v) is 15.1. The minimum Gasteiger partial charge on any atom is -0.508 e. The van der Waals surface area contributed by atoms with Crippen LogP contribution in [0.3, 0.4) is 0 Å². The summed E-state index contributed by atoms with van der Waals surface area (Å²) >= 11 is 0. The molecule has 0 fully saturated rings. The van der Waals surface area contributed by atoms with Crippen molar-refractivity contribution < 1.29 is 24.5 Å². The fraction of sp³-hybridized carbons (Fsp3) is 0.286. The Morgan fingerprint density at radius 3 is 2.54 bits per heavy atom. The molecular weight excluding hydrogens is 332 g/mol. The van der Waals surface area contributed by atoms with E-state index in [4.69, 9.17) is 9.47 Å². The Balaban J connectivity index is 1.89. The standard InChI is InChI=1S/C21H22O5/c1-21(2)11-10-15-17(26-21)12-18(25-3)19(20(15)24)16(23)9-6-13-4-7-14(22)8-5-13/h4-5,7-8,10-12,22,24H,6,9H2,1-3H3. The van der Waals surface area contributed by atoms with Crippen molar-refractivity contribution in [1.82, 2.24) is 0 Å². The average Bonchev–Trinajstić information content (AvgIpc) is 2.59. The molecule has 0 aliphatic carbocycles. The number of aromatic hydroxyl groups is 2. The quantitative estimate of drug-likeness (QED) is 0.791. The van der Waals surface area contributed by atoms with Crippen molar-refractivity contribution >= 4 is 11.9 Å². The zero-order valence-electron chi connectivity index (χ0n) is 15.1. The van der Waals surface area contributed by atoms with Gasteiger partial charge < -0.3 is 19.7 Å². The molecule has 136 valence electrons. The lowest BCUT2D eigenvalue weighted by molar-refractivity contribution is 0.0976. The number of rotatable bonds is 5. The Hall–Kier alpha value is -2.95. The van der Waals surface area contributed by atoms with E-state index in [1.807, 2.05) is 19.9 Å². The fourth-order valence-corrected chi connectivity index (χ4v) is 2.96. The molecule has 26 heavy (non-hydrogen) atoms. The SMILES string of the molecule is COc1cc2c(c(O)c1C(=O)CCc1ccc(O)cc1)C=CC(C)(C)O2. The van der Waals surface area contributed by atoms with Crippen LogP contribution in [0.15, 0.2) is 36.4 Å². The first-order chi connectivity index (χ1) is 12.3. The lowest BCUT2D eigenvalue weighted by Crippen LogP contribution is -2.27. The Kier molecular flexibility index (Phi) is 4.64. The third-order valence-corrected chi connectivity index (χ3v) is 4.37. The molecule has 2 aromatic rings. The summed E-state index contributed by atoms with van der Waals surface area (Å²) in [6, 6.07) is 8.35. The molecule has 0 radical (unpaired) electrons. The second kappa shape index (κ2) is 6.75. The summed E-state index contributed by atoms with van der Waals surface area (Å²) in [4.78, 5) is 12.7. The van der Waals surface area contributed by atoms with Crippen molar-refractivity contribution in [1.29, 1.82) is 0 Å². The maximum absolute atomic E-state index is 12.7. The second-order valence-corrected chi connectivity index (χ2v) is 6.84. The van der Waals surface area contributed by atoms with Gasteiger partial charge in [0.15, 0.2) is 5.78 Å². The summed E-state index contributed by atoms with van der Waals surface area (Å²) < 4.78 is 11.2. The van der Waals surface area contributed by atoms with Crippen LogP contribution in [0.1, 0.15) is 41.8 Å². The third kappa shape index (κ3) is 3.52. The molecule has 0 spiro atoms. The fourth-order valence-electron chi connectivity index (χ4n) is 2.96. The van der Waals surface area contributed by atoms with Crippen LogP contribution in [-0.2, 0) is 6.42 Å². The van der Waals surface area contributed by atoms with Crippen LogP contribution in [0.5, 0.6) is 23.0 Å². The van der Waals surface area contributed by atoms with Gasteiger partial charge in [0.25, 0.3) is 0 Å². The molecule has 3 rings (SSSR count). The predicted molar refractivity (Wildman–Crippen MR) is 99.2 cm³/mol. The number of hydrogen-bond donors (Lipinski definition) is 2. The number of aryl methyl sites for hydroxylation is 1. The first kappa shape index (κ1) is 17.9. The number of carbonyl (C=O) groups is 1. The molecule has 0 amide bonds. The summed E-state index contributed by atoms with van der Waals surface area (Å²) in [5.41, 5.74) is 1.09. The van der Waals surface area contributed by atoms with E-state index in [9.17, 15) is 15.0 Å². The molecule has 2 aromatic carbocycles. The third-order valence-electron chi connectivity index (χ3n) is 4.37. The number of fused-ring (bicyclic) bond motifs is 1. The van der Waals surface area contributed by atoms with Gasteiger partial charge in [-0.1, -0.05) is 12.1 Å². The van der Waals surface area contributed by atoms with Crippen LogP contribution < -0.4 is 9.47 Å². The van der Waals surface area contributed by atoms with E-state index in [0.29, 0.717) is 23.5 Å². The monoisotopic (exact) mass is 354 g/mol. The molecule has 5 heteroatoms. The van der Waals surface area contributed by atoms with Gasteiger partial charge in [-0.2, -0.15) is 0 Å². The number of benzene rings is 2. The molecule has 0 saturated heterocycles. The maximum atomic E-state index is 12.7. The Labute approximate surface area is 152 Å². The van der Waals surface area contributed by atoms with Crippen molar-refractivity contribution in [3.63, 3.8) is 0 Å². The maximum Gasteiger partial charge on any atom is 0.170 e. The van der Waals surface area contributed by atoms with E-state index in [-0.39, 0.29) is 29.3 Å². The number of phenols is 2. The van der Waals surface area contributed by atoms with E-state index in [0.717, 1.165) is 5.56 Å². The number of methoxy groups -OCH3 is 1. The van der Waals surface area contributed by atoms with Gasteiger partial charge in [0.1, 0.15) is 34.2 Å². The van der Waals surface area contributed by atoms with Gasteiger partial charge in [-0.05, 0) is 50.1 Å². The van der Waals surface area contributed by atoms with E-state index in [2.05, 4.69) is 0 Å². The van der Waals surface area contributed by atoms with Gasteiger partial charge in [0.2, 0.25) is 0 Å². The van der Waals surface area contributed by atoms with Crippen LogP contribution in [0.2, 0.25) is 0 Å². The highest BCUT2D eigenvalue weighted by molar-refractivity contribution is 6.03. The van der Waals surface area contributed by atoms with Gasteiger partial charge in [-0.15, -0.1) is 0 Å². The highest BCUT2D eigenvalue weighted by Gasteiger charge is 2.28. The Morgan fingerprint density at radius 2 is 1.88 bits per heavy atom. The normalized spacial score (nSPS) is 14.4. The van der Waals surface area contributed by atoms with Gasteiger partial charge in [-0.3, -0.25) is 4.79 Å². The van der Waals surface area contributed by atoms with Gasteiger partial charge in [-0.25, -0.2) is 0 Å². The van der Waals surface area contributed by atoms with Crippen LogP contribution in [-0.4, -0.2) is 28.7 Å². The number of hydrogen-bond acceptors (Lipinski definition) is 5. The summed E-state index contributed by atoms with van der Waals surface area (Å²) in [5, 5.41) is 20.0. The summed E-state index contributed by atoms with van der Waals surface area (Å²) in [6.07, 6.45) is 4.32. The second-order valence-electron chi connectivity index (χ2n) is 6.84. The summed E-state index contributed by atoms with van der Waals surface area (Å²) in [5.74, 6) is 0.629. The Bertz CT molecular complexity index is 863. The average molecular weight is 354 g/mol. The molecule has 1 aliphatic rings. The molecule has 0 aromatic heterocycles. The van der Waals surface area contributed by atoms with Crippen molar-refractivity contribution in [2.24, 2.45) is 0 Å². The predicted octanol–water partition coefficient (Wildman–Crippen LogP) is 4.11. The van der Waals surface area contributed by atoms with Crippen LogP contribution in [0, 0.1) is 0 Å². The molecular formula is C21H22O5. The van der Waals surface area contributed by atoms with Crippen molar-refractivity contribution in [3.05, 3.63) is 53.1 Å². The number of ketones is 1. The van der Waals surface area contributed by atoms with Crippen LogP contribution in [0.4, 0.5) is 0 Å². The smallest absolute Gasteiger partial charge is 0.170 e. The lowest BCUT2D eigenvalue weighted by atomic mass is 9.95. The first-order valence-corrected chi connectivity index (χ1v) is 8.44. The number of Topliss-reactive ketones (excluding diaryl/α,β-unsaturated/α-hetero) is 1. The largest absolute Gasteiger partial charge is 0.508 e. The molecule has 0 saturated carbocycles. The number of carbonyl (C=O) groups excluding carboxylic acids is 1. The minimum absolute atomic E-state index is 0.123. The van der Waals surface area contributed by atoms with Crippen molar-refractivity contribution in [2.45, 2.75) is 32.3 Å². The molecule has 5 nitrogen and oxygen atoms in total. The molecule has 0 unspecified atom stereocenters. The van der Waals surface area contributed by atoms with E-state index in [1.165, 1.54) is 7.11 Å². The van der Waals surface area contributed by atoms with Crippen LogP contribution in [0.25, 0.3) is 6.08 Å². The van der Waals surface area contributed by atoms with E-state index >= 15 is 0 Å². The van der Waals surface area contributed by atoms with Crippen LogP contribution >= 0.6 is 0 Å². The number of ether oxygens (including phenoxy) is 2. The molecule has 0 bridgehead atoms. The lowest BCUT2D eigenvalue weighted by Gasteiger charge is -2.29. The van der Waals surface area contributed by atoms with Gasteiger partial charge >= 0.3 is 0 Å². The highest BCUT2D eigenvalue weighted by atomic mass is 16.5. The molecule has 1 aliphatic heterocycles. The first-order valence-electron chi connectivity index (χ1n) is 8.44.